The predicted molar refractivity (Wildman–Crippen MR) is 80.3 cm³/mol. The molecule has 0 fully saturated rings. The van der Waals surface area contributed by atoms with Crippen LogP contribution in [0.1, 0.15) is 5.56 Å². The number of thiocarbonyl (C=S) groups is 1. The molecule has 0 atom stereocenters. The number of fused-ring (bicyclic) bond motifs is 1. The lowest BCUT2D eigenvalue weighted by molar-refractivity contribution is 0.620. The fourth-order valence-corrected chi connectivity index (χ4v) is 2.14. The van der Waals surface area contributed by atoms with E-state index in [9.17, 15) is 0 Å². The molecule has 0 saturated carbocycles. The van der Waals surface area contributed by atoms with Crippen LogP contribution in [0.3, 0.4) is 0 Å². The molecule has 2 N–H and O–H groups in total. The van der Waals surface area contributed by atoms with Crippen molar-refractivity contribution in [2.75, 3.05) is 0 Å². The van der Waals surface area contributed by atoms with E-state index >= 15 is 0 Å². The van der Waals surface area contributed by atoms with E-state index in [-0.39, 0.29) is 0 Å². The van der Waals surface area contributed by atoms with Crippen molar-refractivity contribution in [3.8, 4) is 11.5 Å². The quantitative estimate of drug-likeness (QED) is 0.729. The van der Waals surface area contributed by atoms with Gasteiger partial charge in [-0.3, -0.25) is 0 Å². The number of hydrogen-bond acceptors (Lipinski definition) is 3. The highest BCUT2D eigenvalue weighted by Gasteiger charge is 2.09. The number of nitrogens with zero attached hydrogens (tertiary/aromatic N) is 1. The predicted octanol–water partition coefficient (Wildman–Crippen LogP) is 3.78. The summed E-state index contributed by atoms with van der Waals surface area (Å²) in [5.74, 6) is 0.526. The minimum absolute atomic E-state index is 0.342. The minimum atomic E-state index is 0.342. The molecule has 1 aromatic heterocycles. The topological polar surface area (TPSA) is 52.0 Å². The highest BCUT2D eigenvalue weighted by atomic mass is 35.5. The lowest BCUT2D eigenvalue weighted by Crippen LogP contribution is -2.08. The Morgan fingerprint density at radius 1 is 1.21 bits per heavy atom. The standard InChI is InChI=1S/C14H9ClN2OS/c15-10-3-1-2-9(6-10)14-17-11-7-8(13(16)19)4-5-12(11)18-14/h1-7H,(H2,16,19). The molecular weight excluding hydrogens is 280 g/mol. The van der Waals surface area contributed by atoms with Gasteiger partial charge in [-0.2, -0.15) is 0 Å². The number of halogens is 1. The maximum Gasteiger partial charge on any atom is 0.227 e. The molecule has 0 saturated heterocycles. The van der Waals surface area contributed by atoms with Gasteiger partial charge in [0.2, 0.25) is 5.89 Å². The summed E-state index contributed by atoms with van der Waals surface area (Å²) in [6.45, 7) is 0. The minimum Gasteiger partial charge on any atom is -0.436 e. The third-order valence-electron chi connectivity index (χ3n) is 2.74. The van der Waals surface area contributed by atoms with Gasteiger partial charge in [-0.25, -0.2) is 4.98 Å². The maximum atomic E-state index is 5.96. The van der Waals surface area contributed by atoms with E-state index in [2.05, 4.69) is 4.98 Å². The summed E-state index contributed by atoms with van der Waals surface area (Å²) in [5.41, 5.74) is 8.62. The third kappa shape index (κ3) is 2.32. The summed E-state index contributed by atoms with van der Waals surface area (Å²) in [4.78, 5) is 4.77. The van der Waals surface area contributed by atoms with E-state index in [4.69, 9.17) is 34.0 Å². The summed E-state index contributed by atoms with van der Waals surface area (Å²) in [7, 11) is 0. The summed E-state index contributed by atoms with van der Waals surface area (Å²) in [6, 6.07) is 12.8. The molecule has 0 aliphatic carbocycles. The van der Waals surface area contributed by atoms with Crippen molar-refractivity contribution < 1.29 is 4.42 Å². The Kier molecular flexibility index (Phi) is 2.97. The van der Waals surface area contributed by atoms with Gasteiger partial charge in [0.1, 0.15) is 10.5 Å². The van der Waals surface area contributed by atoms with Crippen LogP contribution in [0.2, 0.25) is 5.02 Å². The largest absolute Gasteiger partial charge is 0.436 e. The zero-order valence-electron chi connectivity index (χ0n) is 9.76. The molecule has 0 amide bonds. The number of nitrogens with two attached hydrogens (primary N) is 1. The maximum absolute atomic E-state index is 5.96. The van der Waals surface area contributed by atoms with Crippen LogP contribution in [0, 0.1) is 0 Å². The molecular formula is C14H9ClN2OS. The molecule has 0 bridgehead atoms. The van der Waals surface area contributed by atoms with Crippen LogP contribution < -0.4 is 5.73 Å². The van der Waals surface area contributed by atoms with Gasteiger partial charge in [0, 0.05) is 16.1 Å². The third-order valence-corrected chi connectivity index (χ3v) is 3.21. The molecule has 0 spiro atoms. The zero-order chi connectivity index (χ0) is 13.4. The van der Waals surface area contributed by atoms with E-state index in [1.54, 1.807) is 12.1 Å². The van der Waals surface area contributed by atoms with Crippen LogP contribution in [0.25, 0.3) is 22.6 Å². The highest BCUT2D eigenvalue weighted by molar-refractivity contribution is 7.80. The lowest BCUT2D eigenvalue weighted by atomic mass is 10.2. The van der Waals surface area contributed by atoms with Crippen molar-refractivity contribution in [2.45, 2.75) is 0 Å². The Bertz CT molecular complexity index is 782. The van der Waals surface area contributed by atoms with Gasteiger partial charge in [0.05, 0.1) is 0 Å². The van der Waals surface area contributed by atoms with Crippen molar-refractivity contribution in [3.63, 3.8) is 0 Å². The van der Waals surface area contributed by atoms with Crippen molar-refractivity contribution in [1.29, 1.82) is 0 Å². The molecule has 0 unspecified atom stereocenters. The SMILES string of the molecule is NC(=S)c1ccc2oc(-c3cccc(Cl)c3)nc2c1. The summed E-state index contributed by atoms with van der Waals surface area (Å²) in [5, 5.41) is 0.642. The van der Waals surface area contributed by atoms with E-state index in [1.165, 1.54) is 0 Å². The molecule has 2 aromatic carbocycles. The van der Waals surface area contributed by atoms with Crippen LogP contribution in [0.4, 0.5) is 0 Å². The van der Waals surface area contributed by atoms with Crippen LogP contribution >= 0.6 is 23.8 Å². The summed E-state index contributed by atoms with van der Waals surface area (Å²) >= 11 is 10.9. The van der Waals surface area contributed by atoms with Gasteiger partial charge in [0.15, 0.2) is 5.58 Å². The van der Waals surface area contributed by atoms with E-state index in [0.29, 0.717) is 21.5 Å². The second kappa shape index (κ2) is 4.64. The molecule has 3 aromatic rings. The first-order chi connectivity index (χ1) is 9.13. The number of oxazole rings is 1. The van der Waals surface area contributed by atoms with Gasteiger partial charge < -0.3 is 10.2 Å². The van der Waals surface area contributed by atoms with Crippen molar-refractivity contribution in [1.82, 2.24) is 4.98 Å². The Morgan fingerprint density at radius 2 is 2.05 bits per heavy atom. The van der Waals surface area contributed by atoms with Gasteiger partial charge >= 0.3 is 0 Å². The molecule has 19 heavy (non-hydrogen) atoms. The fourth-order valence-electron chi connectivity index (χ4n) is 1.83. The Morgan fingerprint density at radius 3 is 2.79 bits per heavy atom. The van der Waals surface area contributed by atoms with Gasteiger partial charge in [-0.1, -0.05) is 29.9 Å². The zero-order valence-corrected chi connectivity index (χ0v) is 11.3. The number of aromatic nitrogens is 1. The first-order valence-electron chi connectivity index (χ1n) is 5.60. The van der Waals surface area contributed by atoms with Crippen LogP contribution in [-0.4, -0.2) is 9.97 Å². The fraction of sp³-hybridized carbons (Fsp3) is 0. The molecule has 0 aliphatic heterocycles. The second-order valence-electron chi connectivity index (χ2n) is 4.08. The Balaban J connectivity index is 2.14. The van der Waals surface area contributed by atoms with Crippen LogP contribution in [0.5, 0.6) is 0 Å². The van der Waals surface area contributed by atoms with Gasteiger partial charge in [-0.15, -0.1) is 0 Å². The molecule has 5 heteroatoms. The van der Waals surface area contributed by atoms with Gasteiger partial charge in [0.25, 0.3) is 0 Å². The van der Waals surface area contributed by atoms with Crippen LogP contribution in [-0.2, 0) is 0 Å². The molecule has 0 radical (unpaired) electrons. The van der Waals surface area contributed by atoms with E-state index in [1.807, 2.05) is 30.3 Å². The van der Waals surface area contributed by atoms with E-state index < -0.39 is 0 Å². The van der Waals surface area contributed by atoms with Crippen LogP contribution in [0.15, 0.2) is 46.9 Å². The highest BCUT2D eigenvalue weighted by Crippen LogP contribution is 2.26. The summed E-state index contributed by atoms with van der Waals surface area (Å²) in [6.07, 6.45) is 0. The molecule has 3 rings (SSSR count). The molecule has 1 heterocycles. The molecule has 94 valence electrons. The molecule has 0 aliphatic rings. The van der Waals surface area contributed by atoms with Gasteiger partial charge in [-0.05, 0) is 36.4 Å². The van der Waals surface area contributed by atoms with Crippen molar-refractivity contribution in [3.05, 3.63) is 53.1 Å². The number of rotatable bonds is 2. The second-order valence-corrected chi connectivity index (χ2v) is 4.95. The molecule has 3 nitrogen and oxygen atoms in total. The number of benzene rings is 2. The first-order valence-corrected chi connectivity index (χ1v) is 6.38. The lowest BCUT2D eigenvalue weighted by Gasteiger charge is -1.95. The van der Waals surface area contributed by atoms with Crippen molar-refractivity contribution in [2.24, 2.45) is 5.73 Å². The number of hydrogen-bond donors (Lipinski definition) is 1. The normalized spacial score (nSPS) is 10.8. The smallest absolute Gasteiger partial charge is 0.227 e. The monoisotopic (exact) mass is 288 g/mol. The first kappa shape index (κ1) is 12.1. The Hall–Kier alpha value is -1.91. The van der Waals surface area contributed by atoms with Crippen molar-refractivity contribution >= 4 is 39.9 Å². The Labute approximate surface area is 120 Å². The summed E-state index contributed by atoms with van der Waals surface area (Å²) < 4.78 is 5.69. The average Bonchev–Trinajstić information content (AvgIpc) is 2.81. The van der Waals surface area contributed by atoms with E-state index in [0.717, 1.165) is 16.6 Å². The average molecular weight is 289 g/mol.